The Kier molecular flexibility index (Phi) is 5.77. The molecule has 0 aliphatic carbocycles. The van der Waals surface area contributed by atoms with Gasteiger partial charge in [-0.3, -0.25) is 4.79 Å². The highest BCUT2D eigenvalue weighted by molar-refractivity contribution is 5.84. The number of aromatic nitrogens is 2. The number of nitrogens with zero attached hydrogens (tertiary/aromatic N) is 3. The van der Waals surface area contributed by atoms with E-state index in [0.29, 0.717) is 6.54 Å². The van der Waals surface area contributed by atoms with Gasteiger partial charge in [-0.15, -0.1) is 0 Å². The summed E-state index contributed by atoms with van der Waals surface area (Å²) in [5, 5.41) is 2.30. The van der Waals surface area contributed by atoms with E-state index in [1.54, 1.807) is 4.90 Å². The largest absolute Gasteiger partial charge is 0.486 e. The predicted molar refractivity (Wildman–Crippen MR) is 131 cm³/mol. The van der Waals surface area contributed by atoms with Crippen molar-refractivity contribution < 1.29 is 9.53 Å². The highest BCUT2D eigenvalue weighted by Gasteiger charge is 2.17. The molecule has 0 aliphatic heterocycles. The van der Waals surface area contributed by atoms with Crippen molar-refractivity contribution in [2.45, 2.75) is 19.7 Å². The first kappa shape index (κ1) is 20.8. The molecule has 0 unspecified atom stereocenters. The number of carbonyl (C=O) groups excluding carboxylic acids is 1. The second-order valence-corrected chi connectivity index (χ2v) is 8.14. The van der Waals surface area contributed by atoms with Gasteiger partial charge in [0.25, 0.3) is 0 Å². The fourth-order valence-electron chi connectivity index (χ4n) is 4.02. The molecule has 0 radical (unpaired) electrons. The number of fused-ring (bicyclic) bond motifs is 2. The first-order valence-electron chi connectivity index (χ1n) is 11.0. The molecule has 0 saturated carbocycles. The van der Waals surface area contributed by atoms with Crippen LogP contribution in [0, 0.1) is 0 Å². The Hall–Kier alpha value is -4.12. The van der Waals surface area contributed by atoms with Crippen molar-refractivity contribution in [3.63, 3.8) is 0 Å². The lowest BCUT2D eigenvalue weighted by Crippen LogP contribution is -2.30. The summed E-state index contributed by atoms with van der Waals surface area (Å²) in [6.07, 6.45) is 0. The van der Waals surface area contributed by atoms with Crippen LogP contribution in [0.4, 0.5) is 0 Å². The molecule has 0 saturated heterocycles. The van der Waals surface area contributed by atoms with Gasteiger partial charge in [-0.2, -0.15) is 0 Å². The number of rotatable bonds is 7. The molecular formula is C28H25N3O2. The van der Waals surface area contributed by atoms with Gasteiger partial charge >= 0.3 is 0 Å². The van der Waals surface area contributed by atoms with Crippen LogP contribution in [0.2, 0.25) is 0 Å². The minimum Gasteiger partial charge on any atom is -0.486 e. The lowest BCUT2D eigenvalue weighted by atomic mass is 10.1. The summed E-state index contributed by atoms with van der Waals surface area (Å²) in [5.74, 6) is 1.53. The molecule has 0 atom stereocenters. The Bertz CT molecular complexity index is 1410. The van der Waals surface area contributed by atoms with Crippen LogP contribution in [-0.2, 0) is 24.5 Å². The molecular weight excluding hydrogens is 410 g/mol. The van der Waals surface area contributed by atoms with Crippen molar-refractivity contribution in [2.75, 3.05) is 7.05 Å². The Balaban J connectivity index is 1.37. The topological polar surface area (TPSA) is 47.4 Å². The molecule has 0 fully saturated rings. The highest BCUT2D eigenvalue weighted by Crippen LogP contribution is 2.23. The average molecular weight is 436 g/mol. The van der Waals surface area contributed by atoms with E-state index in [9.17, 15) is 4.79 Å². The van der Waals surface area contributed by atoms with Crippen LogP contribution in [0.5, 0.6) is 5.75 Å². The summed E-state index contributed by atoms with van der Waals surface area (Å²) in [6, 6.07) is 32.1. The summed E-state index contributed by atoms with van der Waals surface area (Å²) in [4.78, 5) is 19.6. The van der Waals surface area contributed by atoms with Crippen molar-refractivity contribution in [1.82, 2.24) is 14.5 Å². The van der Waals surface area contributed by atoms with Gasteiger partial charge in [-0.1, -0.05) is 72.8 Å². The number of ether oxygens (including phenoxy) is 1. The van der Waals surface area contributed by atoms with Crippen molar-refractivity contribution in [3.8, 4) is 5.75 Å². The van der Waals surface area contributed by atoms with E-state index >= 15 is 0 Å². The number of imidazole rings is 1. The van der Waals surface area contributed by atoms with E-state index in [4.69, 9.17) is 9.72 Å². The molecule has 1 heterocycles. The summed E-state index contributed by atoms with van der Waals surface area (Å²) in [5.41, 5.74) is 2.88. The fourth-order valence-corrected chi connectivity index (χ4v) is 4.02. The molecule has 5 heteroatoms. The van der Waals surface area contributed by atoms with Gasteiger partial charge in [0, 0.05) is 13.6 Å². The maximum atomic E-state index is 13.1. The zero-order chi connectivity index (χ0) is 22.6. The normalized spacial score (nSPS) is 11.1. The first-order valence-corrected chi connectivity index (χ1v) is 11.0. The SMILES string of the molecule is CN(Cc1ccccc1)C(=O)Cn1c(COc2ccc3ccccc3c2)nc2ccccc21. The zero-order valence-corrected chi connectivity index (χ0v) is 18.5. The van der Waals surface area contributed by atoms with Crippen LogP contribution in [0.1, 0.15) is 11.4 Å². The molecule has 5 nitrogen and oxygen atoms in total. The van der Waals surface area contributed by atoms with Gasteiger partial charge in [0.2, 0.25) is 5.91 Å². The van der Waals surface area contributed by atoms with Gasteiger partial charge in [0.1, 0.15) is 24.7 Å². The Morgan fingerprint density at radius 3 is 2.45 bits per heavy atom. The molecule has 5 rings (SSSR count). The van der Waals surface area contributed by atoms with Crippen LogP contribution in [-0.4, -0.2) is 27.4 Å². The molecule has 5 aromatic rings. The number of amides is 1. The van der Waals surface area contributed by atoms with Crippen LogP contribution >= 0.6 is 0 Å². The van der Waals surface area contributed by atoms with Crippen LogP contribution in [0.3, 0.4) is 0 Å². The number of para-hydroxylation sites is 2. The van der Waals surface area contributed by atoms with E-state index in [1.807, 2.05) is 90.5 Å². The summed E-state index contributed by atoms with van der Waals surface area (Å²) in [6.45, 7) is 1.05. The second kappa shape index (κ2) is 9.17. The molecule has 0 spiro atoms. The van der Waals surface area contributed by atoms with E-state index in [-0.39, 0.29) is 19.1 Å². The third-order valence-electron chi connectivity index (χ3n) is 5.80. The summed E-state index contributed by atoms with van der Waals surface area (Å²) in [7, 11) is 1.83. The maximum absolute atomic E-state index is 13.1. The van der Waals surface area contributed by atoms with Crippen LogP contribution in [0.15, 0.2) is 97.1 Å². The van der Waals surface area contributed by atoms with Gasteiger partial charge in [0.05, 0.1) is 11.0 Å². The van der Waals surface area contributed by atoms with Gasteiger partial charge in [-0.25, -0.2) is 4.98 Å². The van der Waals surface area contributed by atoms with Crippen molar-refractivity contribution >= 4 is 27.7 Å². The Labute approximate surface area is 192 Å². The molecule has 0 N–H and O–H groups in total. The second-order valence-electron chi connectivity index (χ2n) is 8.14. The van der Waals surface area contributed by atoms with E-state index in [0.717, 1.165) is 33.6 Å². The monoisotopic (exact) mass is 435 g/mol. The zero-order valence-electron chi connectivity index (χ0n) is 18.5. The molecule has 164 valence electrons. The lowest BCUT2D eigenvalue weighted by Gasteiger charge is -2.19. The molecule has 1 aromatic heterocycles. The van der Waals surface area contributed by atoms with Gasteiger partial charge in [-0.05, 0) is 40.6 Å². The molecule has 0 bridgehead atoms. The Morgan fingerprint density at radius 1 is 0.879 bits per heavy atom. The van der Waals surface area contributed by atoms with Gasteiger partial charge in [0.15, 0.2) is 0 Å². The smallest absolute Gasteiger partial charge is 0.242 e. The quantitative estimate of drug-likeness (QED) is 0.343. The number of hydrogen-bond donors (Lipinski definition) is 0. The molecule has 0 aliphatic rings. The van der Waals surface area contributed by atoms with Gasteiger partial charge < -0.3 is 14.2 Å². The first-order chi connectivity index (χ1) is 16.2. The maximum Gasteiger partial charge on any atom is 0.242 e. The Morgan fingerprint density at radius 2 is 1.61 bits per heavy atom. The minimum atomic E-state index is 0.0222. The lowest BCUT2D eigenvalue weighted by molar-refractivity contribution is -0.131. The predicted octanol–water partition coefficient (Wildman–Crippen LogP) is 5.43. The number of benzene rings is 4. The molecule has 1 amide bonds. The van der Waals surface area contributed by atoms with E-state index in [2.05, 4.69) is 18.2 Å². The van der Waals surface area contributed by atoms with Crippen molar-refractivity contribution in [1.29, 1.82) is 0 Å². The third kappa shape index (κ3) is 4.58. The van der Waals surface area contributed by atoms with Crippen LogP contribution in [0.25, 0.3) is 21.8 Å². The summed E-state index contributed by atoms with van der Waals surface area (Å²) < 4.78 is 8.06. The average Bonchev–Trinajstić information content (AvgIpc) is 3.20. The molecule has 4 aromatic carbocycles. The fraction of sp³-hybridized carbons (Fsp3) is 0.143. The van der Waals surface area contributed by atoms with Crippen molar-refractivity contribution in [2.24, 2.45) is 0 Å². The standard InChI is InChI=1S/C28H25N3O2/c1-30(18-21-9-3-2-4-10-21)28(32)19-31-26-14-8-7-13-25(26)29-27(31)20-33-24-16-15-22-11-5-6-12-23(22)17-24/h2-17H,18-20H2,1H3. The van der Waals surface area contributed by atoms with Crippen molar-refractivity contribution in [3.05, 3.63) is 108 Å². The molecule has 33 heavy (non-hydrogen) atoms. The number of hydrogen-bond acceptors (Lipinski definition) is 3. The van der Waals surface area contributed by atoms with E-state index < -0.39 is 0 Å². The number of likely N-dealkylation sites (N-methyl/N-ethyl adjacent to an activating group) is 1. The summed E-state index contributed by atoms with van der Waals surface area (Å²) >= 11 is 0. The highest BCUT2D eigenvalue weighted by atomic mass is 16.5. The third-order valence-corrected chi connectivity index (χ3v) is 5.80. The van der Waals surface area contributed by atoms with E-state index in [1.165, 1.54) is 5.39 Å². The minimum absolute atomic E-state index is 0.0222. The number of carbonyl (C=O) groups is 1. The van der Waals surface area contributed by atoms with Crippen LogP contribution < -0.4 is 4.74 Å².